The number of rotatable bonds is 5. The zero-order chi connectivity index (χ0) is 20.5. The molecule has 0 saturated heterocycles. The summed E-state index contributed by atoms with van der Waals surface area (Å²) in [5, 5.41) is 1.84. The lowest BCUT2D eigenvalue weighted by Crippen LogP contribution is -2.10. The molecule has 0 saturated carbocycles. The molecule has 5 nitrogen and oxygen atoms in total. The third-order valence-electron chi connectivity index (χ3n) is 3.55. The van der Waals surface area contributed by atoms with Crippen LogP contribution >= 0.6 is 34.5 Å². The quantitative estimate of drug-likeness (QED) is 0.550. The minimum Gasteiger partial charge on any atom is -0.380 e. The van der Waals surface area contributed by atoms with Crippen LogP contribution < -0.4 is 5.32 Å². The number of hydrogen-bond acceptors (Lipinski definition) is 6. The molecule has 0 unspecified atom stereocenters. The smallest absolute Gasteiger partial charge is 0.380 e. The Morgan fingerprint density at radius 3 is 2.29 bits per heavy atom. The SMILES string of the molecule is O=S(=O)(c1ccc(NCc2cnc(Cl)s2)cc1)c1ncc(C(F)(F)F)cc1Cl. The number of nitrogens with zero attached hydrogens (tertiary/aromatic N) is 2. The molecule has 0 fully saturated rings. The van der Waals surface area contributed by atoms with E-state index in [0.29, 0.717) is 29.0 Å². The van der Waals surface area contributed by atoms with Crippen LogP contribution in [0.5, 0.6) is 0 Å². The van der Waals surface area contributed by atoms with Crippen LogP contribution in [0.1, 0.15) is 10.4 Å². The summed E-state index contributed by atoms with van der Waals surface area (Å²) in [4.78, 5) is 8.08. The first-order valence-corrected chi connectivity index (χ1v) is 10.5. The second-order valence-electron chi connectivity index (χ2n) is 5.47. The minimum absolute atomic E-state index is 0.145. The fraction of sp³-hybridized carbons (Fsp3) is 0.125. The fourth-order valence-electron chi connectivity index (χ4n) is 2.20. The van der Waals surface area contributed by atoms with Gasteiger partial charge in [0.15, 0.2) is 9.49 Å². The normalized spacial score (nSPS) is 12.2. The van der Waals surface area contributed by atoms with Crippen molar-refractivity contribution < 1.29 is 21.6 Å². The Bertz CT molecular complexity index is 1100. The van der Waals surface area contributed by atoms with E-state index in [1.807, 2.05) is 0 Å². The van der Waals surface area contributed by atoms with Crippen LogP contribution in [0.3, 0.4) is 0 Å². The van der Waals surface area contributed by atoms with Crippen LogP contribution in [-0.2, 0) is 22.6 Å². The molecule has 0 bridgehead atoms. The van der Waals surface area contributed by atoms with Crippen LogP contribution in [0.2, 0.25) is 9.49 Å². The monoisotopic (exact) mass is 467 g/mol. The Hall–Kier alpha value is -1.88. The molecule has 12 heteroatoms. The van der Waals surface area contributed by atoms with E-state index in [1.165, 1.54) is 35.6 Å². The molecule has 0 atom stereocenters. The summed E-state index contributed by atoms with van der Waals surface area (Å²) in [5.41, 5.74) is -0.492. The summed E-state index contributed by atoms with van der Waals surface area (Å²) in [6.45, 7) is 0.447. The first-order valence-electron chi connectivity index (χ1n) is 7.49. The zero-order valence-electron chi connectivity index (χ0n) is 13.7. The van der Waals surface area contributed by atoms with Crippen LogP contribution in [0.25, 0.3) is 0 Å². The molecule has 2 aromatic heterocycles. The summed E-state index contributed by atoms with van der Waals surface area (Å²) in [6.07, 6.45) is -2.61. The van der Waals surface area contributed by atoms with Crippen molar-refractivity contribution in [2.24, 2.45) is 0 Å². The molecule has 148 valence electrons. The van der Waals surface area contributed by atoms with Crippen molar-refractivity contribution in [3.05, 3.63) is 62.7 Å². The van der Waals surface area contributed by atoms with E-state index in [1.54, 1.807) is 6.20 Å². The van der Waals surface area contributed by atoms with E-state index in [2.05, 4.69) is 15.3 Å². The summed E-state index contributed by atoms with van der Waals surface area (Å²) in [5.74, 6) is 0. The van der Waals surface area contributed by atoms with Gasteiger partial charge < -0.3 is 5.32 Å². The van der Waals surface area contributed by atoms with Crippen molar-refractivity contribution in [2.45, 2.75) is 22.6 Å². The summed E-state index contributed by atoms with van der Waals surface area (Å²) in [6, 6.07) is 6.21. The van der Waals surface area contributed by atoms with Gasteiger partial charge in [0.25, 0.3) is 0 Å². The Kier molecular flexibility index (Phi) is 5.85. The molecule has 0 aliphatic heterocycles. The van der Waals surface area contributed by atoms with Crippen molar-refractivity contribution in [1.29, 1.82) is 0 Å². The molecule has 0 aliphatic carbocycles. The zero-order valence-corrected chi connectivity index (χ0v) is 16.8. The highest BCUT2D eigenvalue weighted by molar-refractivity contribution is 7.91. The Morgan fingerprint density at radius 2 is 1.75 bits per heavy atom. The lowest BCUT2D eigenvalue weighted by molar-refractivity contribution is -0.137. The van der Waals surface area contributed by atoms with Crippen LogP contribution in [0, 0.1) is 0 Å². The van der Waals surface area contributed by atoms with Gasteiger partial charge in [-0.15, -0.1) is 11.3 Å². The van der Waals surface area contributed by atoms with E-state index in [4.69, 9.17) is 23.2 Å². The number of aromatic nitrogens is 2. The molecule has 2 heterocycles. The highest BCUT2D eigenvalue weighted by Crippen LogP contribution is 2.33. The van der Waals surface area contributed by atoms with E-state index < -0.39 is 31.6 Å². The summed E-state index contributed by atoms with van der Waals surface area (Å²) < 4.78 is 63.8. The largest absolute Gasteiger partial charge is 0.417 e. The van der Waals surface area contributed by atoms with Crippen LogP contribution in [-0.4, -0.2) is 18.4 Å². The lowest BCUT2D eigenvalue weighted by atomic mass is 10.3. The fourth-order valence-corrected chi connectivity index (χ4v) is 4.81. The molecule has 0 spiro atoms. The van der Waals surface area contributed by atoms with Gasteiger partial charge in [-0.2, -0.15) is 13.2 Å². The molecule has 3 rings (SSSR count). The van der Waals surface area contributed by atoms with E-state index in [-0.39, 0.29) is 4.90 Å². The van der Waals surface area contributed by atoms with Gasteiger partial charge in [0.2, 0.25) is 9.84 Å². The Labute approximate surface area is 172 Å². The molecule has 3 aromatic rings. The molecule has 0 radical (unpaired) electrons. The number of thiazole rings is 1. The summed E-state index contributed by atoms with van der Waals surface area (Å²) in [7, 11) is -4.18. The first kappa shape index (κ1) is 20.8. The van der Waals surface area contributed by atoms with Gasteiger partial charge in [0.05, 0.1) is 22.0 Å². The van der Waals surface area contributed by atoms with Gasteiger partial charge in [-0.05, 0) is 30.3 Å². The standard InChI is InChI=1S/C16H10Cl2F3N3O2S2/c17-13-5-9(16(19,20)21)6-23-14(13)28(25,26)12-3-1-10(2-4-12)22-7-11-8-24-15(18)27-11/h1-6,8,22H,7H2. The maximum Gasteiger partial charge on any atom is 0.417 e. The maximum atomic E-state index is 12.7. The number of pyridine rings is 1. The number of benzene rings is 1. The van der Waals surface area contributed by atoms with Gasteiger partial charge in [-0.1, -0.05) is 23.2 Å². The molecule has 28 heavy (non-hydrogen) atoms. The van der Waals surface area contributed by atoms with E-state index in [0.717, 1.165) is 4.88 Å². The second kappa shape index (κ2) is 7.86. The highest BCUT2D eigenvalue weighted by Gasteiger charge is 2.33. The van der Waals surface area contributed by atoms with E-state index >= 15 is 0 Å². The highest BCUT2D eigenvalue weighted by atomic mass is 35.5. The topological polar surface area (TPSA) is 72.0 Å². The maximum absolute atomic E-state index is 12.7. The average Bonchev–Trinajstić information content (AvgIpc) is 3.04. The number of nitrogens with one attached hydrogen (secondary N) is 1. The number of sulfone groups is 1. The third-order valence-corrected chi connectivity index (χ3v) is 6.79. The Balaban J connectivity index is 1.80. The van der Waals surface area contributed by atoms with Crippen molar-refractivity contribution in [3.8, 4) is 0 Å². The van der Waals surface area contributed by atoms with Crippen molar-refractivity contribution in [1.82, 2.24) is 9.97 Å². The van der Waals surface area contributed by atoms with Crippen molar-refractivity contribution in [3.63, 3.8) is 0 Å². The number of anilines is 1. The number of halogens is 5. The Morgan fingerprint density at radius 1 is 1.07 bits per heavy atom. The third kappa shape index (κ3) is 4.57. The van der Waals surface area contributed by atoms with Crippen molar-refractivity contribution in [2.75, 3.05) is 5.32 Å². The number of alkyl halides is 3. The van der Waals surface area contributed by atoms with Gasteiger partial charge in [0, 0.05) is 23.0 Å². The lowest BCUT2D eigenvalue weighted by Gasteiger charge is -2.10. The van der Waals surface area contributed by atoms with Gasteiger partial charge in [-0.3, -0.25) is 0 Å². The predicted molar refractivity (Wildman–Crippen MR) is 101 cm³/mol. The van der Waals surface area contributed by atoms with Crippen molar-refractivity contribution >= 4 is 50.1 Å². The van der Waals surface area contributed by atoms with Gasteiger partial charge in [-0.25, -0.2) is 18.4 Å². The first-order chi connectivity index (χ1) is 13.1. The minimum atomic E-state index is -4.67. The molecule has 0 aliphatic rings. The second-order valence-corrected chi connectivity index (χ2v) is 9.44. The predicted octanol–water partition coefficient (Wildman–Crippen LogP) is 5.31. The molecule has 0 amide bonds. The molecular formula is C16H10Cl2F3N3O2S2. The summed E-state index contributed by atoms with van der Waals surface area (Å²) >= 11 is 12.8. The van der Waals surface area contributed by atoms with Crippen LogP contribution in [0.4, 0.5) is 18.9 Å². The average molecular weight is 468 g/mol. The van der Waals surface area contributed by atoms with E-state index in [9.17, 15) is 21.6 Å². The van der Waals surface area contributed by atoms with Gasteiger partial charge >= 0.3 is 6.18 Å². The molecule has 1 aromatic carbocycles. The molecule has 1 N–H and O–H groups in total. The molecular weight excluding hydrogens is 458 g/mol. The van der Waals surface area contributed by atoms with Gasteiger partial charge in [0.1, 0.15) is 0 Å². The number of hydrogen-bond donors (Lipinski definition) is 1. The van der Waals surface area contributed by atoms with Crippen LogP contribution in [0.15, 0.2) is 52.6 Å².